The summed E-state index contributed by atoms with van der Waals surface area (Å²) in [6.45, 7) is 3.57. The van der Waals surface area contributed by atoms with Gasteiger partial charge in [-0.1, -0.05) is 25.5 Å². The second-order valence-electron chi connectivity index (χ2n) is 8.11. The zero-order valence-corrected chi connectivity index (χ0v) is 20.6. The van der Waals surface area contributed by atoms with Crippen molar-refractivity contribution in [2.24, 2.45) is 7.05 Å². The van der Waals surface area contributed by atoms with Crippen LogP contribution in [-0.2, 0) is 17.1 Å². The quantitative estimate of drug-likeness (QED) is 0.489. The Morgan fingerprint density at radius 3 is 2.59 bits per heavy atom. The van der Waals surface area contributed by atoms with E-state index < -0.39 is 15.8 Å². The van der Waals surface area contributed by atoms with Gasteiger partial charge in [0.1, 0.15) is 11.5 Å². The normalized spacial score (nSPS) is 11.4. The van der Waals surface area contributed by atoms with Crippen molar-refractivity contribution in [3.8, 4) is 23.0 Å². The number of hydrogen-bond acceptors (Lipinski definition) is 7. The second kappa shape index (κ2) is 10.2. The third-order valence-electron chi connectivity index (χ3n) is 5.03. The Morgan fingerprint density at radius 1 is 1.21 bits per heavy atom. The molecule has 0 saturated carbocycles. The van der Waals surface area contributed by atoms with E-state index in [0.717, 1.165) is 0 Å². The van der Waals surface area contributed by atoms with Gasteiger partial charge in [-0.2, -0.15) is 9.97 Å². The molecule has 0 amide bonds. The summed E-state index contributed by atoms with van der Waals surface area (Å²) in [6.07, 6.45) is 2.77. The number of nitrogens with one attached hydrogen (secondary N) is 1. The first-order valence-corrected chi connectivity index (χ1v) is 12.4. The summed E-state index contributed by atoms with van der Waals surface area (Å²) in [7, 11) is 1.41. The molecule has 3 aromatic rings. The molecule has 0 atom stereocenters. The Bertz CT molecular complexity index is 1340. The number of pyridine rings is 1. The van der Waals surface area contributed by atoms with Crippen LogP contribution in [0.15, 0.2) is 41.3 Å². The predicted octanol–water partition coefficient (Wildman–Crippen LogP) is 3.69. The number of nitrogens with zero attached hydrogens (tertiary/aromatic N) is 4. The van der Waals surface area contributed by atoms with E-state index in [0.29, 0.717) is 35.3 Å². The number of unbranched alkanes of at least 4 members (excludes halogenated alkanes) is 1. The lowest BCUT2D eigenvalue weighted by molar-refractivity contribution is 0.409. The van der Waals surface area contributed by atoms with E-state index in [9.17, 15) is 17.6 Å². The highest BCUT2D eigenvalue weighted by Gasteiger charge is 2.18. The minimum absolute atomic E-state index is 0.0228. The van der Waals surface area contributed by atoms with Gasteiger partial charge in [-0.3, -0.25) is 9.52 Å². The fraction of sp³-hybridized carbons (Fsp3) is 0.348. The molecule has 0 aliphatic rings. The van der Waals surface area contributed by atoms with Crippen LogP contribution >= 0.6 is 0 Å². The van der Waals surface area contributed by atoms with Crippen molar-refractivity contribution in [3.63, 3.8) is 0 Å². The van der Waals surface area contributed by atoms with Crippen LogP contribution < -0.4 is 19.9 Å². The lowest BCUT2D eigenvalue weighted by Gasteiger charge is -2.16. The second-order valence-corrected chi connectivity index (χ2v) is 9.95. The number of sulfonamides is 1. The fourth-order valence-electron chi connectivity index (χ4n) is 3.21. The van der Waals surface area contributed by atoms with E-state index in [2.05, 4.69) is 14.7 Å². The zero-order chi connectivity index (χ0) is 25.0. The highest BCUT2D eigenvalue weighted by molar-refractivity contribution is 7.92. The lowest BCUT2D eigenvalue weighted by Crippen LogP contribution is -2.25. The van der Waals surface area contributed by atoms with Crippen molar-refractivity contribution in [1.29, 1.82) is 0 Å². The Hall–Kier alpha value is -3.47. The summed E-state index contributed by atoms with van der Waals surface area (Å²) in [5.74, 6) is -0.758. The smallest absolute Gasteiger partial charge is 0.324 e. The van der Waals surface area contributed by atoms with Crippen LogP contribution in [0.2, 0.25) is 0 Å². The van der Waals surface area contributed by atoms with Crippen LogP contribution in [0.3, 0.4) is 0 Å². The van der Waals surface area contributed by atoms with Crippen LogP contribution in [0.5, 0.6) is 11.8 Å². The molecule has 0 saturated heterocycles. The average molecular weight is 490 g/mol. The zero-order valence-electron chi connectivity index (χ0n) is 19.8. The van der Waals surface area contributed by atoms with Gasteiger partial charge in [-0.25, -0.2) is 12.8 Å². The Labute approximate surface area is 198 Å². The maximum Gasteiger partial charge on any atom is 0.324 e. The maximum absolute atomic E-state index is 14.4. The molecular formula is C23H28FN5O4S. The summed E-state index contributed by atoms with van der Waals surface area (Å²) < 4.78 is 48.9. The van der Waals surface area contributed by atoms with Gasteiger partial charge in [0.05, 0.1) is 11.4 Å². The van der Waals surface area contributed by atoms with Gasteiger partial charge >= 0.3 is 6.01 Å². The number of para-hydroxylation sites is 1. The molecule has 0 aliphatic carbocycles. The van der Waals surface area contributed by atoms with E-state index in [1.165, 1.54) is 16.7 Å². The largest absolute Gasteiger partial charge is 0.421 e. The van der Waals surface area contributed by atoms with Crippen molar-refractivity contribution in [1.82, 2.24) is 14.5 Å². The van der Waals surface area contributed by atoms with Crippen LogP contribution in [0.25, 0.3) is 11.3 Å². The Balaban J connectivity index is 2.14. The third-order valence-corrected chi connectivity index (χ3v) is 6.38. The molecule has 182 valence electrons. The molecule has 34 heavy (non-hydrogen) atoms. The van der Waals surface area contributed by atoms with Crippen molar-refractivity contribution in [3.05, 3.63) is 58.3 Å². The Morgan fingerprint density at radius 2 is 1.94 bits per heavy atom. The monoisotopic (exact) mass is 489 g/mol. The van der Waals surface area contributed by atoms with E-state index in [-0.39, 0.29) is 28.9 Å². The SMILES string of the molecule is CCCCS(=O)(=O)Nc1cc(-c2cc(N(C)C)c(=O)n(C)c2)nc(Oc2c(C)cccc2F)n1. The highest BCUT2D eigenvalue weighted by Crippen LogP contribution is 2.30. The molecule has 0 aliphatic heterocycles. The van der Waals surface area contributed by atoms with E-state index in [1.807, 2.05) is 6.92 Å². The van der Waals surface area contributed by atoms with Crippen molar-refractivity contribution >= 4 is 21.5 Å². The number of anilines is 2. The fourth-order valence-corrected chi connectivity index (χ4v) is 4.40. The number of ether oxygens (including phenoxy) is 1. The molecule has 0 spiro atoms. The summed E-state index contributed by atoms with van der Waals surface area (Å²) in [5, 5.41) is 0. The standard InChI is InChI=1S/C23H28FN5O4S/c1-6-7-11-34(31,32)27-20-13-18(16-12-19(28(3)4)22(30)29(5)14-16)25-23(26-20)33-21-15(2)9-8-10-17(21)24/h8-10,12-14H,6-7,11H2,1-5H3,(H,25,26,27). The van der Waals surface area contributed by atoms with Crippen LogP contribution in [-0.4, -0.2) is 42.8 Å². The molecule has 1 aromatic carbocycles. The maximum atomic E-state index is 14.4. The van der Waals surface area contributed by atoms with E-state index >= 15 is 0 Å². The number of rotatable bonds is 9. The molecule has 2 aromatic heterocycles. The van der Waals surface area contributed by atoms with Crippen LogP contribution in [0.4, 0.5) is 15.9 Å². The van der Waals surface area contributed by atoms with E-state index in [1.54, 1.807) is 57.4 Å². The number of aromatic nitrogens is 3. The number of aryl methyl sites for hydroxylation is 2. The molecule has 11 heteroatoms. The molecule has 1 N–H and O–H groups in total. The first-order valence-electron chi connectivity index (χ1n) is 10.7. The van der Waals surface area contributed by atoms with Crippen molar-refractivity contribution < 1.29 is 17.5 Å². The summed E-state index contributed by atoms with van der Waals surface area (Å²) in [6, 6.07) is 7.32. The number of halogens is 1. The van der Waals surface area contributed by atoms with E-state index in [4.69, 9.17) is 4.74 Å². The first kappa shape index (κ1) is 25.2. The topological polar surface area (TPSA) is 106 Å². The van der Waals surface area contributed by atoms with Gasteiger partial charge in [0, 0.05) is 39.0 Å². The molecular weight excluding hydrogens is 461 g/mol. The average Bonchev–Trinajstić information content (AvgIpc) is 2.76. The highest BCUT2D eigenvalue weighted by atomic mass is 32.2. The summed E-state index contributed by atoms with van der Waals surface area (Å²) in [5.41, 5.74) is 1.55. The number of hydrogen-bond donors (Lipinski definition) is 1. The molecule has 0 bridgehead atoms. The molecule has 0 fully saturated rings. The third kappa shape index (κ3) is 5.90. The van der Waals surface area contributed by atoms with Gasteiger partial charge in [-0.05, 0) is 31.0 Å². The minimum atomic E-state index is -3.67. The molecule has 0 radical (unpaired) electrons. The van der Waals surface area contributed by atoms with Gasteiger partial charge in [-0.15, -0.1) is 0 Å². The lowest BCUT2D eigenvalue weighted by atomic mass is 10.2. The Kier molecular flexibility index (Phi) is 7.55. The first-order chi connectivity index (χ1) is 16.0. The molecule has 9 nitrogen and oxygen atoms in total. The predicted molar refractivity (Wildman–Crippen MR) is 131 cm³/mol. The molecule has 3 rings (SSSR count). The number of benzene rings is 1. The summed E-state index contributed by atoms with van der Waals surface area (Å²) >= 11 is 0. The van der Waals surface area contributed by atoms with Crippen LogP contribution in [0.1, 0.15) is 25.3 Å². The van der Waals surface area contributed by atoms with Gasteiger partial charge in [0.25, 0.3) is 5.56 Å². The van der Waals surface area contributed by atoms with Gasteiger partial charge < -0.3 is 14.2 Å². The minimum Gasteiger partial charge on any atom is -0.421 e. The van der Waals surface area contributed by atoms with Crippen LogP contribution in [0, 0.1) is 12.7 Å². The van der Waals surface area contributed by atoms with Crippen molar-refractivity contribution in [2.75, 3.05) is 29.5 Å². The van der Waals surface area contributed by atoms with Crippen molar-refractivity contribution in [2.45, 2.75) is 26.7 Å². The molecule has 2 heterocycles. The summed E-state index contributed by atoms with van der Waals surface area (Å²) in [4.78, 5) is 22.7. The molecule has 0 unspecified atom stereocenters. The van der Waals surface area contributed by atoms with Gasteiger partial charge in [0.15, 0.2) is 11.6 Å². The van der Waals surface area contributed by atoms with Gasteiger partial charge in [0.2, 0.25) is 10.0 Å².